The van der Waals surface area contributed by atoms with Crippen LogP contribution in [-0.4, -0.2) is 15.0 Å². The van der Waals surface area contributed by atoms with Gasteiger partial charge in [0.15, 0.2) is 0 Å². The van der Waals surface area contributed by atoms with Gasteiger partial charge in [0.2, 0.25) is 0 Å². The van der Waals surface area contributed by atoms with Gasteiger partial charge in [0, 0.05) is 33.7 Å². The molecule has 3 aromatic heterocycles. The maximum absolute atomic E-state index is 5.28. The lowest BCUT2D eigenvalue weighted by molar-refractivity contribution is 1.31. The zero-order chi connectivity index (χ0) is 31.6. The lowest BCUT2D eigenvalue weighted by Gasteiger charge is -2.12. The normalized spacial score (nSPS) is 11.8. The highest BCUT2D eigenvalue weighted by molar-refractivity contribution is 6.25. The number of fused-ring (bicyclic) bond motifs is 10. The zero-order valence-corrected chi connectivity index (χ0v) is 25.9. The van der Waals surface area contributed by atoms with Gasteiger partial charge in [0.05, 0.1) is 28.1 Å². The molecule has 0 aliphatic rings. The molecule has 10 aromatic rings. The van der Waals surface area contributed by atoms with Gasteiger partial charge >= 0.3 is 0 Å². The highest BCUT2D eigenvalue weighted by atomic mass is 14.8. The van der Waals surface area contributed by atoms with Gasteiger partial charge in [-0.25, -0.2) is 9.97 Å². The van der Waals surface area contributed by atoms with Crippen molar-refractivity contribution in [1.29, 1.82) is 0 Å². The molecule has 0 aliphatic heterocycles. The Bertz CT molecular complexity index is 2870. The van der Waals surface area contributed by atoms with Crippen molar-refractivity contribution < 1.29 is 0 Å². The van der Waals surface area contributed by atoms with Crippen LogP contribution < -0.4 is 0 Å². The number of aromatic nitrogens is 3. The second kappa shape index (κ2) is 10.5. The molecule has 0 spiro atoms. The van der Waals surface area contributed by atoms with Crippen molar-refractivity contribution in [2.75, 3.05) is 0 Å². The maximum Gasteiger partial charge on any atom is 0.0972 e. The standard InChI is InChI=1S/C45H27N3/c1-2-8-31-25-32(16-13-28(31)7-1)43-27-34(23-24-46-43)42-22-19-30-15-14-29-18-21-41(47-44(29)45(30)48-42)33-17-20-39-37-11-4-3-9-35(37)36-10-5-6-12-38(36)40(39)26-33/h1-27H. The van der Waals surface area contributed by atoms with Crippen molar-refractivity contribution in [3.05, 3.63) is 164 Å². The van der Waals surface area contributed by atoms with E-state index in [-0.39, 0.29) is 0 Å². The van der Waals surface area contributed by atoms with Crippen molar-refractivity contribution >= 4 is 64.9 Å². The number of rotatable bonds is 3. The van der Waals surface area contributed by atoms with Crippen molar-refractivity contribution in [3.63, 3.8) is 0 Å². The van der Waals surface area contributed by atoms with Gasteiger partial charge in [0.1, 0.15) is 0 Å². The first-order chi connectivity index (χ1) is 23.8. The van der Waals surface area contributed by atoms with Gasteiger partial charge < -0.3 is 0 Å². The summed E-state index contributed by atoms with van der Waals surface area (Å²) in [5.74, 6) is 0. The van der Waals surface area contributed by atoms with Crippen molar-refractivity contribution in [2.45, 2.75) is 0 Å². The third-order valence-corrected chi connectivity index (χ3v) is 9.66. The van der Waals surface area contributed by atoms with Crippen LogP contribution in [0.25, 0.3) is 98.7 Å². The number of nitrogens with zero attached hydrogens (tertiary/aromatic N) is 3. The second-order valence-corrected chi connectivity index (χ2v) is 12.4. The maximum atomic E-state index is 5.28. The molecule has 0 amide bonds. The Balaban J connectivity index is 1.11. The van der Waals surface area contributed by atoms with Crippen LogP contribution in [0.2, 0.25) is 0 Å². The highest BCUT2D eigenvalue weighted by Crippen LogP contribution is 2.37. The lowest BCUT2D eigenvalue weighted by atomic mass is 9.93. The summed E-state index contributed by atoms with van der Waals surface area (Å²) in [6.07, 6.45) is 1.87. The van der Waals surface area contributed by atoms with Crippen LogP contribution in [0, 0.1) is 0 Å². The molecule has 3 heteroatoms. The van der Waals surface area contributed by atoms with E-state index in [1.807, 2.05) is 12.3 Å². The molecule has 0 aliphatic carbocycles. The summed E-state index contributed by atoms with van der Waals surface area (Å²) in [6, 6.07) is 56.0. The van der Waals surface area contributed by atoms with Crippen LogP contribution in [0.15, 0.2) is 164 Å². The summed E-state index contributed by atoms with van der Waals surface area (Å²) in [7, 11) is 0. The summed E-state index contributed by atoms with van der Waals surface area (Å²) in [4.78, 5) is 15.2. The van der Waals surface area contributed by atoms with E-state index in [2.05, 4.69) is 152 Å². The number of hydrogen-bond acceptors (Lipinski definition) is 3. The van der Waals surface area contributed by atoms with Crippen molar-refractivity contribution in [3.8, 4) is 33.8 Å². The van der Waals surface area contributed by atoms with E-state index in [0.717, 1.165) is 55.6 Å². The third-order valence-electron chi connectivity index (χ3n) is 9.66. The summed E-state index contributed by atoms with van der Waals surface area (Å²) < 4.78 is 0. The molecule has 3 heterocycles. The van der Waals surface area contributed by atoms with E-state index in [9.17, 15) is 0 Å². The van der Waals surface area contributed by atoms with Crippen molar-refractivity contribution in [1.82, 2.24) is 15.0 Å². The lowest BCUT2D eigenvalue weighted by Crippen LogP contribution is -1.92. The minimum absolute atomic E-state index is 0.896. The summed E-state index contributed by atoms with van der Waals surface area (Å²) in [5, 5.41) is 12.1. The second-order valence-electron chi connectivity index (χ2n) is 12.4. The van der Waals surface area contributed by atoms with Crippen LogP contribution in [0.3, 0.4) is 0 Å². The fourth-order valence-electron chi connectivity index (χ4n) is 7.25. The van der Waals surface area contributed by atoms with E-state index in [1.54, 1.807) is 0 Å². The Kier molecular flexibility index (Phi) is 5.87. The minimum Gasteiger partial charge on any atom is -0.256 e. The molecule has 0 atom stereocenters. The van der Waals surface area contributed by atoms with Gasteiger partial charge in [0.25, 0.3) is 0 Å². The van der Waals surface area contributed by atoms with Crippen LogP contribution >= 0.6 is 0 Å². The van der Waals surface area contributed by atoms with Gasteiger partial charge in [-0.2, -0.15) is 0 Å². The largest absolute Gasteiger partial charge is 0.256 e. The van der Waals surface area contributed by atoms with Crippen LogP contribution in [0.4, 0.5) is 0 Å². The first kappa shape index (κ1) is 26.7. The van der Waals surface area contributed by atoms with Crippen molar-refractivity contribution in [2.24, 2.45) is 0 Å². The molecule has 222 valence electrons. The number of pyridine rings is 3. The number of benzene rings is 7. The summed E-state index contributed by atoms with van der Waals surface area (Å²) in [6.45, 7) is 0. The van der Waals surface area contributed by atoms with Gasteiger partial charge in [-0.15, -0.1) is 0 Å². The van der Waals surface area contributed by atoms with E-state index >= 15 is 0 Å². The monoisotopic (exact) mass is 609 g/mol. The highest BCUT2D eigenvalue weighted by Gasteiger charge is 2.13. The first-order valence-electron chi connectivity index (χ1n) is 16.3. The van der Waals surface area contributed by atoms with E-state index in [4.69, 9.17) is 15.0 Å². The van der Waals surface area contributed by atoms with Crippen LogP contribution in [0.1, 0.15) is 0 Å². The molecule has 0 fully saturated rings. The van der Waals surface area contributed by atoms with Crippen LogP contribution in [-0.2, 0) is 0 Å². The predicted molar refractivity (Wildman–Crippen MR) is 201 cm³/mol. The van der Waals surface area contributed by atoms with E-state index in [0.29, 0.717) is 0 Å². The fourth-order valence-corrected chi connectivity index (χ4v) is 7.25. The van der Waals surface area contributed by atoms with E-state index < -0.39 is 0 Å². The molecule has 0 N–H and O–H groups in total. The Morgan fingerprint density at radius 3 is 1.44 bits per heavy atom. The summed E-state index contributed by atoms with van der Waals surface area (Å²) >= 11 is 0. The summed E-state index contributed by atoms with van der Waals surface area (Å²) in [5.41, 5.74) is 7.76. The molecule has 10 rings (SSSR count). The predicted octanol–water partition coefficient (Wildman–Crippen LogP) is 11.8. The quantitative estimate of drug-likeness (QED) is 0.187. The molecule has 0 unspecified atom stereocenters. The van der Waals surface area contributed by atoms with Crippen LogP contribution in [0.5, 0.6) is 0 Å². The molecular weight excluding hydrogens is 583 g/mol. The average Bonchev–Trinajstić information content (AvgIpc) is 3.17. The smallest absolute Gasteiger partial charge is 0.0972 e. The zero-order valence-electron chi connectivity index (χ0n) is 25.9. The Morgan fingerprint density at radius 1 is 0.292 bits per heavy atom. The minimum atomic E-state index is 0.896. The molecule has 0 saturated heterocycles. The molecule has 0 saturated carbocycles. The Hall–Kier alpha value is -6.45. The van der Waals surface area contributed by atoms with Gasteiger partial charge in [-0.05, 0) is 79.5 Å². The number of hydrogen-bond donors (Lipinski definition) is 0. The third kappa shape index (κ3) is 4.25. The average molecular weight is 610 g/mol. The first-order valence-corrected chi connectivity index (χ1v) is 16.3. The molecular formula is C45H27N3. The topological polar surface area (TPSA) is 38.7 Å². The SMILES string of the molecule is c1ccc2cc(-c3cc(-c4ccc5ccc6ccc(-c7ccc8c9ccccc9c9ccccc9c8c7)nc6c5n4)ccn3)ccc2c1. The van der Waals surface area contributed by atoms with E-state index in [1.165, 1.54) is 43.1 Å². The fraction of sp³-hybridized carbons (Fsp3) is 0. The molecule has 48 heavy (non-hydrogen) atoms. The molecule has 3 nitrogen and oxygen atoms in total. The molecule has 7 aromatic carbocycles. The Morgan fingerprint density at radius 2 is 0.771 bits per heavy atom. The van der Waals surface area contributed by atoms with Gasteiger partial charge in [-0.3, -0.25) is 4.98 Å². The molecule has 0 radical (unpaired) electrons. The van der Waals surface area contributed by atoms with Gasteiger partial charge in [-0.1, -0.05) is 121 Å². The Labute approximate surface area is 276 Å². The molecule has 0 bridgehead atoms.